The molecular formula is C27H31N5O2S. The molecule has 0 spiro atoms. The molecule has 2 aromatic heterocycles. The van der Waals surface area contributed by atoms with E-state index in [4.69, 9.17) is 0 Å². The van der Waals surface area contributed by atoms with Crippen molar-refractivity contribution in [3.63, 3.8) is 0 Å². The zero-order valence-electron chi connectivity index (χ0n) is 20.6. The van der Waals surface area contributed by atoms with Crippen molar-refractivity contribution in [2.24, 2.45) is 0 Å². The normalized spacial score (nSPS) is 13.9. The Kier molecular flexibility index (Phi) is 7.73. The molecule has 0 bridgehead atoms. The molecule has 0 fully saturated rings. The number of fused-ring (bicyclic) bond motifs is 1. The zero-order valence-corrected chi connectivity index (χ0v) is 21.4. The summed E-state index contributed by atoms with van der Waals surface area (Å²) in [6.07, 6.45) is 8.78. The Morgan fingerprint density at radius 2 is 2.03 bits per heavy atom. The standard InChI is InChI=1S/C27H31N5O2S/c1-5-23-17-29-27(35-23)30-26(34)18(2)19-8-6-9-20(14-19)22-15-21-11-13-32(25(21)28-16-22)24(33)10-7-12-31(3)4/h6-10,14-18H,5,11-13H2,1-4H3,(H,29,30,34). The van der Waals surface area contributed by atoms with Gasteiger partial charge < -0.3 is 10.2 Å². The van der Waals surface area contributed by atoms with Crippen LogP contribution in [0.2, 0.25) is 0 Å². The molecule has 8 heteroatoms. The predicted octanol–water partition coefficient (Wildman–Crippen LogP) is 4.52. The topological polar surface area (TPSA) is 78.4 Å². The molecule has 1 aromatic carbocycles. The quantitative estimate of drug-likeness (QED) is 0.471. The molecule has 35 heavy (non-hydrogen) atoms. The average Bonchev–Trinajstić information content (AvgIpc) is 3.49. The van der Waals surface area contributed by atoms with Gasteiger partial charge in [-0.15, -0.1) is 11.3 Å². The highest BCUT2D eigenvalue weighted by molar-refractivity contribution is 7.15. The Balaban J connectivity index is 1.48. The molecule has 0 saturated carbocycles. The lowest BCUT2D eigenvalue weighted by molar-refractivity contribution is -0.117. The van der Waals surface area contributed by atoms with Gasteiger partial charge >= 0.3 is 0 Å². The third kappa shape index (κ3) is 5.83. The van der Waals surface area contributed by atoms with Crippen LogP contribution in [0.1, 0.15) is 35.8 Å². The van der Waals surface area contributed by atoms with E-state index >= 15 is 0 Å². The second kappa shape index (κ2) is 10.9. The van der Waals surface area contributed by atoms with Crippen LogP contribution in [0.25, 0.3) is 11.1 Å². The van der Waals surface area contributed by atoms with Crippen molar-refractivity contribution in [3.05, 3.63) is 70.9 Å². The van der Waals surface area contributed by atoms with Crippen LogP contribution < -0.4 is 10.2 Å². The Hall–Kier alpha value is -3.36. The number of likely N-dealkylation sites (N-methyl/N-ethyl adjacent to an activating group) is 1. The van der Waals surface area contributed by atoms with Gasteiger partial charge in [0.2, 0.25) is 5.91 Å². The number of benzene rings is 1. The first-order valence-electron chi connectivity index (χ1n) is 11.8. The van der Waals surface area contributed by atoms with Crippen molar-refractivity contribution in [2.75, 3.05) is 37.4 Å². The molecule has 0 saturated heterocycles. The van der Waals surface area contributed by atoms with Crippen LogP contribution in [0.3, 0.4) is 0 Å². The molecule has 1 unspecified atom stereocenters. The molecule has 2 amide bonds. The van der Waals surface area contributed by atoms with Gasteiger partial charge in [0, 0.05) is 42.0 Å². The fourth-order valence-electron chi connectivity index (χ4n) is 3.98. The Morgan fingerprint density at radius 3 is 2.77 bits per heavy atom. The van der Waals surface area contributed by atoms with E-state index in [1.165, 1.54) is 11.3 Å². The molecule has 3 heterocycles. The average molecular weight is 490 g/mol. The van der Waals surface area contributed by atoms with Crippen molar-refractivity contribution in [3.8, 4) is 11.1 Å². The molecule has 4 rings (SSSR count). The molecule has 0 radical (unpaired) electrons. The van der Waals surface area contributed by atoms with Crippen LogP contribution in [0.4, 0.5) is 10.9 Å². The lowest BCUT2D eigenvalue weighted by Crippen LogP contribution is -2.27. The van der Waals surface area contributed by atoms with E-state index in [1.54, 1.807) is 23.4 Å². The van der Waals surface area contributed by atoms with Crippen LogP contribution >= 0.6 is 11.3 Å². The maximum atomic E-state index is 12.8. The summed E-state index contributed by atoms with van der Waals surface area (Å²) in [6.45, 7) is 5.32. The summed E-state index contributed by atoms with van der Waals surface area (Å²) >= 11 is 1.51. The van der Waals surface area contributed by atoms with Gasteiger partial charge in [0.25, 0.3) is 5.91 Å². The summed E-state index contributed by atoms with van der Waals surface area (Å²) < 4.78 is 0. The number of hydrogen-bond donors (Lipinski definition) is 1. The van der Waals surface area contributed by atoms with Gasteiger partial charge in [0.05, 0.1) is 5.92 Å². The number of anilines is 2. The Morgan fingerprint density at radius 1 is 1.20 bits per heavy atom. The van der Waals surface area contributed by atoms with E-state index in [0.29, 0.717) is 11.7 Å². The van der Waals surface area contributed by atoms with Crippen LogP contribution in [0.15, 0.2) is 54.9 Å². The van der Waals surface area contributed by atoms with Crippen molar-refractivity contribution >= 4 is 34.1 Å². The fourth-order valence-corrected chi connectivity index (χ4v) is 4.73. The fraction of sp³-hybridized carbons (Fsp3) is 0.333. The van der Waals surface area contributed by atoms with Crippen molar-refractivity contribution in [1.82, 2.24) is 14.9 Å². The number of thiazole rings is 1. The molecule has 1 aliphatic heterocycles. The minimum atomic E-state index is -0.326. The monoisotopic (exact) mass is 489 g/mol. The summed E-state index contributed by atoms with van der Waals surface area (Å²) in [5, 5.41) is 3.57. The maximum absolute atomic E-state index is 12.8. The molecule has 1 atom stereocenters. The minimum absolute atomic E-state index is 0.0426. The van der Waals surface area contributed by atoms with Crippen LogP contribution in [0.5, 0.6) is 0 Å². The number of carbonyl (C=O) groups excluding carboxylic acids is 2. The first-order valence-corrected chi connectivity index (χ1v) is 12.6. The molecular weight excluding hydrogens is 458 g/mol. The van der Waals surface area contributed by atoms with Gasteiger partial charge in [-0.05, 0) is 56.6 Å². The summed E-state index contributed by atoms with van der Waals surface area (Å²) in [5.74, 6) is 0.280. The number of pyridine rings is 1. The molecule has 3 aromatic rings. The van der Waals surface area contributed by atoms with Crippen molar-refractivity contribution in [2.45, 2.75) is 32.6 Å². The van der Waals surface area contributed by atoms with Gasteiger partial charge in [-0.3, -0.25) is 14.5 Å². The number of rotatable bonds is 8. The van der Waals surface area contributed by atoms with Crippen LogP contribution in [0, 0.1) is 0 Å². The van der Waals surface area contributed by atoms with Gasteiger partial charge in [0.1, 0.15) is 5.82 Å². The largest absolute Gasteiger partial charge is 0.306 e. The highest BCUT2D eigenvalue weighted by Crippen LogP contribution is 2.31. The highest BCUT2D eigenvalue weighted by atomic mass is 32.1. The highest BCUT2D eigenvalue weighted by Gasteiger charge is 2.25. The summed E-state index contributed by atoms with van der Waals surface area (Å²) in [4.78, 5) is 39.2. The molecule has 1 aliphatic rings. The number of nitrogens with zero attached hydrogens (tertiary/aromatic N) is 4. The number of aromatic nitrogens is 2. The third-order valence-corrected chi connectivity index (χ3v) is 7.10. The zero-order chi connectivity index (χ0) is 24.9. The first kappa shape index (κ1) is 24.8. The van der Waals surface area contributed by atoms with E-state index in [1.807, 2.05) is 56.3 Å². The number of nitrogens with one attached hydrogen (secondary N) is 1. The summed E-state index contributed by atoms with van der Waals surface area (Å²) in [6, 6.07) is 10.1. The smallest absolute Gasteiger partial charge is 0.251 e. The molecule has 7 nitrogen and oxygen atoms in total. The Labute approximate surface area is 210 Å². The third-order valence-electron chi connectivity index (χ3n) is 6.05. The maximum Gasteiger partial charge on any atom is 0.251 e. The molecule has 1 N–H and O–H groups in total. The van der Waals surface area contributed by atoms with E-state index in [9.17, 15) is 9.59 Å². The van der Waals surface area contributed by atoms with E-state index in [0.717, 1.165) is 52.3 Å². The van der Waals surface area contributed by atoms with Crippen LogP contribution in [-0.4, -0.2) is 53.9 Å². The van der Waals surface area contributed by atoms with Crippen molar-refractivity contribution < 1.29 is 9.59 Å². The minimum Gasteiger partial charge on any atom is -0.306 e. The van der Waals surface area contributed by atoms with Gasteiger partial charge in [-0.2, -0.15) is 0 Å². The summed E-state index contributed by atoms with van der Waals surface area (Å²) in [5.41, 5.74) is 3.96. The first-order chi connectivity index (χ1) is 16.9. The van der Waals surface area contributed by atoms with E-state index < -0.39 is 0 Å². The van der Waals surface area contributed by atoms with Gasteiger partial charge in [-0.25, -0.2) is 9.97 Å². The number of amides is 2. The summed E-state index contributed by atoms with van der Waals surface area (Å²) in [7, 11) is 3.93. The second-order valence-corrected chi connectivity index (χ2v) is 10.0. The lowest BCUT2D eigenvalue weighted by atomic mass is 9.95. The van der Waals surface area contributed by atoms with Crippen LogP contribution in [-0.2, 0) is 22.4 Å². The van der Waals surface area contributed by atoms with E-state index in [-0.39, 0.29) is 17.7 Å². The Bertz CT molecular complexity index is 1250. The second-order valence-electron chi connectivity index (χ2n) is 8.93. The SMILES string of the molecule is CCc1cnc(NC(=O)C(C)c2cccc(-c3cnc4c(c3)CCN4C(=O)C=CCN(C)C)c2)s1. The van der Waals surface area contributed by atoms with E-state index in [2.05, 4.69) is 28.3 Å². The lowest BCUT2D eigenvalue weighted by Gasteiger charge is -2.15. The van der Waals surface area contributed by atoms with Crippen molar-refractivity contribution in [1.29, 1.82) is 0 Å². The predicted molar refractivity (Wildman–Crippen MR) is 142 cm³/mol. The molecule has 0 aliphatic carbocycles. The number of aryl methyl sites for hydroxylation is 1. The number of carbonyl (C=O) groups is 2. The molecule has 182 valence electrons. The van der Waals surface area contributed by atoms with Gasteiger partial charge in [-0.1, -0.05) is 37.3 Å². The van der Waals surface area contributed by atoms with Gasteiger partial charge in [0.15, 0.2) is 5.13 Å². The number of hydrogen-bond acceptors (Lipinski definition) is 6.